The van der Waals surface area contributed by atoms with Crippen LogP contribution in [0.2, 0.25) is 0 Å². The quantitative estimate of drug-likeness (QED) is 0.404. The monoisotopic (exact) mass is 505 g/mol. The van der Waals surface area contributed by atoms with Gasteiger partial charge in [-0.3, -0.25) is 19.7 Å². The molecular formula is C27H31N5O5. The number of likely N-dealkylation sites (tertiary alicyclic amines) is 2. The second-order valence-electron chi connectivity index (χ2n) is 9.54. The van der Waals surface area contributed by atoms with Gasteiger partial charge in [-0.05, 0) is 69.4 Å². The first kappa shape index (κ1) is 24.6. The summed E-state index contributed by atoms with van der Waals surface area (Å²) in [4.78, 5) is 47.1. The molecule has 2 N–H and O–H groups in total. The van der Waals surface area contributed by atoms with Gasteiger partial charge in [-0.25, -0.2) is 4.99 Å². The fourth-order valence-corrected chi connectivity index (χ4v) is 4.81. The van der Waals surface area contributed by atoms with Crippen molar-refractivity contribution in [2.24, 2.45) is 4.99 Å². The van der Waals surface area contributed by atoms with E-state index in [1.54, 1.807) is 11.0 Å². The summed E-state index contributed by atoms with van der Waals surface area (Å²) >= 11 is 0. The summed E-state index contributed by atoms with van der Waals surface area (Å²) in [7, 11) is 0. The second kappa shape index (κ2) is 10.9. The lowest BCUT2D eigenvalue weighted by Crippen LogP contribution is -2.45. The van der Waals surface area contributed by atoms with Crippen molar-refractivity contribution in [3.05, 3.63) is 54.2 Å². The van der Waals surface area contributed by atoms with Crippen LogP contribution in [0.5, 0.6) is 0 Å². The van der Waals surface area contributed by atoms with Crippen LogP contribution in [0, 0.1) is 6.92 Å². The summed E-state index contributed by atoms with van der Waals surface area (Å²) in [6.45, 7) is 3.95. The molecule has 4 heterocycles. The van der Waals surface area contributed by atoms with E-state index >= 15 is 0 Å². The third-order valence-electron chi connectivity index (χ3n) is 6.74. The van der Waals surface area contributed by atoms with E-state index in [1.165, 1.54) is 12.5 Å². The van der Waals surface area contributed by atoms with Gasteiger partial charge in [0.2, 0.25) is 17.8 Å². The largest absolute Gasteiger partial charge is 0.472 e. The summed E-state index contributed by atoms with van der Waals surface area (Å²) < 4.78 is 10.7. The van der Waals surface area contributed by atoms with E-state index in [-0.39, 0.29) is 24.3 Å². The number of nitrogens with one attached hydrogen (secondary N) is 2. The zero-order valence-electron chi connectivity index (χ0n) is 20.9. The smallest absolute Gasteiger partial charge is 0.261 e. The molecule has 2 fully saturated rings. The highest BCUT2D eigenvalue weighted by Crippen LogP contribution is 2.23. The minimum absolute atomic E-state index is 0.0224. The molecule has 2 aliphatic heterocycles. The molecule has 0 radical (unpaired) electrons. The van der Waals surface area contributed by atoms with Crippen molar-refractivity contribution in [2.75, 3.05) is 31.5 Å². The van der Waals surface area contributed by atoms with E-state index in [2.05, 4.69) is 15.6 Å². The van der Waals surface area contributed by atoms with Crippen molar-refractivity contribution in [3.8, 4) is 0 Å². The van der Waals surface area contributed by atoms with E-state index < -0.39 is 11.9 Å². The number of nitrogens with zero attached hydrogens (tertiary/aromatic N) is 3. The Morgan fingerprint density at radius 1 is 1.08 bits per heavy atom. The summed E-state index contributed by atoms with van der Waals surface area (Å²) in [5.41, 5.74) is 1.77. The number of anilines is 1. The van der Waals surface area contributed by atoms with E-state index in [4.69, 9.17) is 8.83 Å². The Labute approximate surface area is 214 Å². The normalized spacial score (nSPS) is 18.8. The van der Waals surface area contributed by atoms with Crippen LogP contribution in [0.1, 0.15) is 48.2 Å². The van der Waals surface area contributed by atoms with Gasteiger partial charge in [0.1, 0.15) is 23.6 Å². The number of fused-ring (bicyclic) bond motifs is 1. The lowest BCUT2D eigenvalue weighted by atomic mass is 10.1. The van der Waals surface area contributed by atoms with Crippen molar-refractivity contribution in [1.82, 2.24) is 15.1 Å². The van der Waals surface area contributed by atoms with Gasteiger partial charge in [0, 0.05) is 30.7 Å². The molecule has 1 atom stereocenters. The molecule has 1 aromatic carbocycles. The summed E-state index contributed by atoms with van der Waals surface area (Å²) in [5.74, 6) is 0.301. The number of furan rings is 2. The average Bonchev–Trinajstić information content (AvgIpc) is 3.64. The third-order valence-corrected chi connectivity index (χ3v) is 6.74. The number of hydrogen-bond acceptors (Lipinski definition) is 6. The lowest BCUT2D eigenvalue weighted by Gasteiger charge is -2.25. The first-order valence-corrected chi connectivity index (χ1v) is 12.7. The fourth-order valence-electron chi connectivity index (χ4n) is 4.81. The Balaban J connectivity index is 1.38. The number of hydrogen-bond donors (Lipinski definition) is 2. The Morgan fingerprint density at radius 2 is 1.89 bits per heavy atom. The lowest BCUT2D eigenvalue weighted by molar-refractivity contribution is -0.140. The number of aryl methyl sites for hydroxylation is 1. The molecular weight excluding hydrogens is 474 g/mol. The Morgan fingerprint density at radius 3 is 2.68 bits per heavy atom. The van der Waals surface area contributed by atoms with Crippen LogP contribution >= 0.6 is 0 Å². The first-order chi connectivity index (χ1) is 18.0. The molecule has 5 rings (SSSR count). The zero-order valence-corrected chi connectivity index (χ0v) is 20.9. The molecule has 3 aromatic rings. The second-order valence-corrected chi connectivity index (χ2v) is 9.54. The zero-order chi connectivity index (χ0) is 25.8. The van der Waals surface area contributed by atoms with Gasteiger partial charge in [0.15, 0.2) is 0 Å². The first-order valence-electron chi connectivity index (χ1n) is 12.7. The van der Waals surface area contributed by atoms with Gasteiger partial charge >= 0.3 is 0 Å². The van der Waals surface area contributed by atoms with Crippen LogP contribution < -0.4 is 10.6 Å². The molecule has 2 saturated heterocycles. The van der Waals surface area contributed by atoms with Crippen molar-refractivity contribution >= 4 is 40.3 Å². The molecule has 194 valence electrons. The predicted molar refractivity (Wildman–Crippen MR) is 138 cm³/mol. The maximum absolute atomic E-state index is 13.5. The fraction of sp³-hybridized carbons (Fsp3) is 0.407. The molecule has 37 heavy (non-hydrogen) atoms. The van der Waals surface area contributed by atoms with Gasteiger partial charge in [-0.2, -0.15) is 0 Å². The van der Waals surface area contributed by atoms with Crippen molar-refractivity contribution in [2.45, 2.75) is 45.1 Å². The van der Waals surface area contributed by atoms with E-state index in [1.807, 2.05) is 36.1 Å². The van der Waals surface area contributed by atoms with Crippen LogP contribution in [0.4, 0.5) is 5.69 Å². The van der Waals surface area contributed by atoms with E-state index in [0.717, 1.165) is 55.5 Å². The highest BCUT2D eigenvalue weighted by atomic mass is 16.3. The molecule has 2 aromatic heterocycles. The molecule has 10 heteroatoms. The third kappa shape index (κ3) is 5.84. The highest BCUT2D eigenvalue weighted by Gasteiger charge is 2.30. The maximum Gasteiger partial charge on any atom is 0.261 e. The minimum Gasteiger partial charge on any atom is -0.472 e. The van der Waals surface area contributed by atoms with Gasteiger partial charge in [0.05, 0.1) is 18.4 Å². The Kier molecular flexibility index (Phi) is 7.25. The standard InChI is InChI=1S/C27H31N5O5/c1-18-14-20-15-21(7-8-23(20)37-18)28-27(30-25(34)19-9-13-36-17-19)29-22-6-2-3-12-32(26(22)35)16-24(33)31-10-4-5-11-31/h7-9,13-15,17,22H,2-6,10-12,16H2,1H3,(H2,28,29,30,34)/t22-/m0/s1. The molecule has 0 spiro atoms. The van der Waals surface area contributed by atoms with Gasteiger partial charge in [-0.1, -0.05) is 0 Å². The Bertz CT molecular complexity index is 1310. The van der Waals surface area contributed by atoms with Crippen LogP contribution in [-0.2, 0) is 9.59 Å². The van der Waals surface area contributed by atoms with Crippen molar-refractivity contribution in [3.63, 3.8) is 0 Å². The minimum atomic E-state index is -0.721. The van der Waals surface area contributed by atoms with Gasteiger partial charge < -0.3 is 24.0 Å². The summed E-state index contributed by atoms with van der Waals surface area (Å²) in [5, 5.41) is 6.85. The van der Waals surface area contributed by atoms with Crippen molar-refractivity contribution < 1.29 is 23.2 Å². The van der Waals surface area contributed by atoms with Gasteiger partial charge in [-0.15, -0.1) is 0 Å². The molecule has 0 saturated carbocycles. The number of guanidine groups is 1. The summed E-state index contributed by atoms with van der Waals surface area (Å²) in [6.07, 6.45) is 6.88. The number of aliphatic imine (C=N–C) groups is 1. The number of benzene rings is 1. The van der Waals surface area contributed by atoms with Crippen LogP contribution in [-0.4, -0.2) is 65.7 Å². The molecule has 0 unspecified atom stereocenters. The molecule has 0 bridgehead atoms. The molecule has 3 amide bonds. The van der Waals surface area contributed by atoms with Crippen LogP contribution in [0.3, 0.4) is 0 Å². The average molecular weight is 506 g/mol. The van der Waals surface area contributed by atoms with E-state index in [0.29, 0.717) is 24.2 Å². The highest BCUT2D eigenvalue weighted by molar-refractivity contribution is 6.10. The molecule has 10 nitrogen and oxygen atoms in total. The number of carbonyl (C=O) groups is 3. The number of amides is 3. The van der Waals surface area contributed by atoms with Crippen LogP contribution in [0.25, 0.3) is 11.0 Å². The molecule has 0 aliphatic carbocycles. The topological polar surface area (TPSA) is 120 Å². The molecule has 2 aliphatic rings. The van der Waals surface area contributed by atoms with Gasteiger partial charge in [0.25, 0.3) is 5.91 Å². The maximum atomic E-state index is 13.5. The van der Waals surface area contributed by atoms with E-state index in [9.17, 15) is 14.4 Å². The number of carbonyl (C=O) groups excluding carboxylic acids is 3. The van der Waals surface area contributed by atoms with Crippen molar-refractivity contribution in [1.29, 1.82) is 0 Å². The Hall–Kier alpha value is -4.08. The summed E-state index contributed by atoms with van der Waals surface area (Å²) in [6, 6.07) is 8.30. The van der Waals surface area contributed by atoms with Crippen LogP contribution in [0.15, 0.2) is 56.7 Å². The number of rotatable bonds is 5. The SMILES string of the molecule is Cc1cc2cc(NC(=N[C@H]3CCCCN(CC(=O)N4CCCC4)C3=O)NC(=O)c3ccoc3)ccc2o1. The predicted octanol–water partition coefficient (Wildman–Crippen LogP) is 3.54.